The van der Waals surface area contributed by atoms with E-state index in [1.165, 1.54) is 12.1 Å². The Kier molecular flexibility index (Phi) is 4.11. The van der Waals surface area contributed by atoms with E-state index in [4.69, 9.17) is 16.7 Å². The zero-order valence-corrected chi connectivity index (χ0v) is 9.80. The molecule has 1 rings (SSSR count). The Labute approximate surface area is 99.4 Å². The summed E-state index contributed by atoms with van der Waals surface area (Å²) >= 11 is 8.44. The maximum atomic E-state index is 11.0. The van der Waals surface area contributed by atoms with E-state index in [2.05, 4.69) is 21.2 Å². The summed E-state index contributed by atoms with van der Waals surface area (Å²) in [5, 5.41) is 11.3. The molecule has 0 saturated carbocycles. The monoisotopic (exact) mass is 291 g/mol. The molecule has 2 N–H and O–H groups in total. The molecule has 6 heteroatoms. The molecule has 1 amide bonds. The number of amides is 1. The van der Waals surface area contributed by atoms with Crippen molar-refractivity contribution in [1.29, 1.82) is 0 Å². The first-order valence-electron chi connectivity index (χ1n) is 3.93. The lowest BCUT2D eigenvalue weighted by atomic mass is 10.2. The zero-order valence-electron chi connectivity index (χ0n) is 7.46. The van der Waals surface area contributed by atoms with Gasteiger partial charge < -0.3 is 10.4 Å². The van der Waals surface area contributed by atoms with Gasteiger partial charge >= 0.3 is 5.97 Å². The Balaban J connectivity index is 3.06. The summed E-state index contributed by atoms with van der Waals surface area (Å²) in [4.78, 5) is 21.8. The Morgan fingerprint density at radius 3 is 2.67 bits per heavy atom. The Morgan fingerprint density at radius 2 is 2.13 bits per heavy atom. The lowest BCUT2D eigenvalue weighted by Crippen LogP contribution is -2.15. The third kappa shape index (κ3) is 3.21. The molecule has 0 aliphatic heterocycles. The van der Waals surface area contributed by atoms with Gasteiger partial charge in [0.2, 0.25) is 5.91 Å². The van der Waals surface area contributed by atoms with Crippen molar-refractivity contribution in [1.82, 2.24) is 0 Å². The van der Waals surface area contributed by atoms with Gasteiger partial charge in [0.05, 0.1) is 11.3 Å². The molecule has 1 aromatic rings. The fourth-order valence-corrected chi connectivity index (χ4v) is 1.41. The molecule has 80 valence electrons. The van der Waals surface area contributed by atoms with Crippen molar-refractivity contribution in [3.05, 3.63) is 28.2 Å². The summed E-state index contributed by atoms with van der Waals surface area (Å²) < 4.78 is 0.628. The van der Waals surface area contributed by atoms with Crippen molar-refractivity contribution < 1.29 is 14.7 Å². The second kappa shape index (κ2) is 5.14. The summed E-state index contributed by atoms with van der Waals surface area (Å²) in [5.74, 6) is -1.77. The van der Waals surface area contributed by atoms with Crippen LogP contribution in [0.15, 0.2) is 22.7 Å². The van der Waals surface area contributed by atoms with Crippen LogP contribution in [-0.4, -0.2) is 22.9 Å². The van der Waals surface area contributed by atoms with E-state index in [1.807, 2.05) is 0 Å². The highest BCUT2D eigenvalue weighted by molar-refractivity contribution is 9.10. The van der Waals surface area contributed by atoms with Gasteiger partial charge in [-0.1, -0.05) is 15.9 Å². The normalized spacial score (nSPS) is 9.73. The van der Waals surface area contributed by atoms with Crippen LogP contribution in [0.1, 0.15) is 10.4 Å². The topological polar surface area (TPSA) is 66.4 Å². The molecule has 0 spiro atoms. The van der Waals surface area contributed by atoms with Crippen molar-refractivity contribution in [2.24, 2.45) is 0 Å². The molecular formula is C9H7BrClNO3. The van der Waals surface area contributed by atoms with Gasteiger partial charge in [0.1, 0.15) is 5.88 Å². The molecular weight excluding hydrogens is 285 g/mol. The number of benzene rings is 1. The summed E-state index contributed by atoms with van der Waals surface area (Å²) in [6.07, 6.45) is 0. The third-order valence-corrected chi connectivity index (χ3v) is 2.34. The lowest BCUT2D eigenvalue weighted by Gasteiger charge is -2.07. The molecule has 0 atom stereocenters. The zero-order chi connectivity index (χ0) is 11.4. The number of alkyl halides is 1. The van der Waals surface area contributed by atoms with E-state index in [1.54, 1.807) is 6.07 Å². The lowest BCUT2D eigenvalue weighted by molar-refractivity contribution is -0.113. The van der Waals surface area contributed by atoms with Crippen LogP contribution >= 0.6 is 27.5 Å². The summed E-state index contributed by atoms with van der Waals surface area (Å²) in [6, 6.07) is 4.54. The van der Waals surface area contributed by atoms with Crippen molar-refractivity contribution in [3.8, 4) is 0 Å². The molecule has 0 heterocycles. The number of carboxylic acids is 1. The fourth-order valence-electron chi connectivity index (χ4n) is 0.986. The predicted molar refractivity (Wildman–Crippen MR) is 60.5 cm³/mol. The molecule has 4 nitrogen and oxygen atoms in total. The maximum absolute atomic E-state index is 11.0. The Hall–Kier alpha value is -1.07. The maximum Gasteiger partial charge on any atom is 0.337 e. The van der Waals surface area contributed by atoms with Gasteiger partial charge in [0, 0.05) is 4.47 Å². The van der Waals surface area contributed by atoms with Crippen LogP contribution in [0, 0.1) is 0 Å². The second-order valence-corrected chi connectivity index (χ2v) is 3.86. The van der Waals surface area contributed by atoms with Gasteiger partial charge in [-0.15, -0.1) is 11.6 Å². The van der Waals surface area contributed by atoms with Crippen LogP contribution in [0.2, 0.25) is 0 Å². The first-order valence-corrected chi connectivity index (χ1v) is 5.26. The fraction of sp³-hybridized carbons (Fsp3) is 0.111. The minimum atomic E-state index is -1.11. The van der Waals surface area contributed by atoms with Crippen molar-refractivity contribution in [2.75, 3.05) is 11.2 Å². The number of halogens is 2. The summed E-state index contributed by atoms with van der Waals surface area (Å²) in [6.45, 7) is 0. The van der Waals surface area contributed by atoms with Gasteiger partial charge in [-0.05, 0) is 18.2 Å². The largest absolute Gasteiger partial charge is 0.478 e. The van der Waals surface area contributed by atoms with Crippen LogP contribution in [-0.2, 0) is 4.79 Å². The summed E-state index contributed by atoms with van der Waals surface area (Å²) in [7, 11) is 0. The van der Waals surface area contributed by atoms with E-state index in [9.17, 15) is 9.59 Å². The molecule has 0 bridgehead atoms. The smallest absolute Gasteiger partial charge is 0.337 e. The van der Waals surface area contributed by atoms with Crippen LogP contribution < -0.4 is 5.32 Å². The molecule has 15 heavy (non-hydrogen) atoms. The van der Waals surface area contributed by atoms with Gasteiger partial charge in [0.25, 0.3) is 0 Å². The number of aromatic carboxylic acids is 1. The molecule has 0 saturated heterocycles. The van der Waals surface area contributed by atoms with Crippen molar-refractivity contribution in [2.45, 2.75) is 0 Å². The van der Waals surface area contributed by atoms with E-state index in [-0.39, 0.29) is 17.1 Å². The van der Waals surface area contributed by atoms with Crippen LogP contribution in [0.3, 0.4) is 0 Å². The molecule has 0 aliphatic carbocycles. The van der Waals surface area contributed by atoms with Crippen LogP contribution in [0.25, 0.3) is 0 Å². The number of nitrogens with one attached hydrogen (secondary N) is 1. The van der Waals surface area contributed by atoms with Crippen LogP contribution in [0.4, 0.5) is 5.69 Å². The minimum Gasteiger partial charge on any atom is -0.478 e. The highest BCUT2D eigenvalue weighted by atomic mass is 79.9. The minimum absolute atomic E-state index is 0.0165. The number of carbonyl (C=O) groups excluding carboxylic acids is 1. The first-order chi connectivity index (χ1) is 7.04. The molecule has 0 aliphatic rings. The number of carboxylic acid groups (broad SMARTS) is 1. The number of hydrogen-bond acceptors (Lipinski definition) is 2. The second-order valence-electron chi connectivity index (χ2n) is 2.68. The quantitative estimate of drug-likeness (QED) is 0.840. The Bertz CT molecular complexity index is 408. The molecule has 0 unspecified atom stereocenters. The average Bonchev–Trinajstić information content (AvgIpc) is 2.20. The van der Waals surface area contributed by atoms with Gasteiger partial charge in [0.15, 0.2) is 0 Å². The third-order valence-electron chi connectivity index (χ3n) is 1.61. The van der Waals surface area contributed by atoms with E-state index < -0.39 is 11.9 Å². The highest BCUT2D eigenvalue weighted by Crippen LogP contribution is 2.21. The first kappa shape index (κ1) is 12.0. The van der Waals surface area contributed by atoms with Gasteiger partial charge in [-0.2, -0.15) is 0 Å². The molecule has 0 fully saturated rings. The van der Waals surface area contributed by atoms with E-state index in [0.29, 0.717) is 4.47 Å². The molecule has 1 aromatic carbocycles. The predicted octanol–water partition coefficient (Wildman–Crippen LogP) is 2.32. The molecule has 0 aromatic heterocycles. The Morgan fingerprint density at radius 1 is 1.47 bits per heavy atom. The van der Waals surface area contributed by atoms with E-state index >= 15 is 0 Å². The van der Waals surface area contributed by atoms with Crippen LogP contribution in [0.5, 0.6) is 0 Å². The average molecular weight is 293 g/mol. The number of carbonyl (C=O) groups is 2. The van der Waals surface area contributed by atoms with Gasteiger partial charge in [-0.3, -0.25) is 4.79 Å². The number of rotatable bonds is 3. The standard InChI is InChI=1S/C9H7BrClNO3/c10-5-1-2-7(12-8(13)4-11)6(3-5)9(14)15/h1-3H,4H2,(H,12,13)(H,14,15). The summed E-state index contributed by atoms with van der Waals surface area (Å²) in [5.41, 5.74) is 0.249. The molecule has 0 radical (unpaired) electrons. The van der Waals surface area contributed by atoms with Crippen molar-refractivity contribution in [3.63, 3.8) is 0 Å². The SMILES string of the molecule is O=C(CCl)Nc1ccc(Br)cc1C(=O)O. The number of anilines is 1. The van der Waals surface area contributed by atoms with Gasteiger partial charge in [-0.25, -0.2) is 4.79 Å². The highest BCUT2D eigenvalue weighted by Gasteiger charge is 2.12. The number of hydrogen-bond donors (Lipinski definition) is 2. The van der Waals surface area contributed by atoms with Crippen molar-refractivity contribution >= 4 is 45.1 Å². The van der Waals surface area contributed by atoms with E-state index in [0.717, 1.165) is 0 Å².